The van der Waals surface area contributed by atoms with E-state index in [1.54, 1.807) is 0 Å². The lowest BCUT2D eigenvalue weighted by molar-refractivity contribution is 0.0950. The molecule has 2 aromatic rings. The van der Waals surface area contributed by atoms with E-state index in [0.29, 0.717) is 0 Å². The van der Waals surface area contributed by atoms with Crippen LogP contribution in [0.25, 0.3) is 10.9 Å². The van der Waals surface area contributed by atoms with Crippen LogP contribution >= 0.6 is 0 Å². The molecule has 1 aromatic heterocycles. The SMILES string of the molecule is O=C(NCCN1CCCC1)c1ccc2[nH]c3c(c2c1)CCCC3. The molecular weight excluding hydrogens is 286 g/mol. The van der Waals surface area contributed by atoms with E-state index in [-0.39, 0.29) is 5.91 Å². The Morgan fingerprint density at radius 2 is 1.96 bits per heavy atom. The van der Waals surface area contributed by atoms with E-state index in [1.165, 1.54) is 60.9 Å². The van der Waals surface area contributed by atoms with Crippen molar-refractivity contribution in [3.63, 3.8) is 0 Å². The molecule has 0 unspecified atom stereocenters. The van der Waals surface area contributed by atoms with Gasteiger partial charge in [0.05, 0.1) is 0 Å². The molecule has 2 heterocycles. The van der Waals surface area contributed by atoms with Gasteiger partial charge in [0.2, 0.25) is 0 Å². The van der Waals surface area contributed by atoms with Crippen LogP contribution in [0.2, 0.25) is 0 Å². The van der Waals surface area contributed by atoms with Crippen LogP contribution in [-0.2, 0) is 12.8 Å². The first-order valence-electron chi connectivity index (χ1n) is 8.95. The Morgan fingerprint density at radius 3 is 2.83 bits per heavy atom. The standard InChI is InChI=1S/C19H25N3O/c23-19(20-9-12-22-10-3-4-11-22)14-7-8-18-16(13-14)15-5-1-2-6-17(15)21-18/h7-8,13,21H,1-6,9-12H2,(H,20,23). The number of aromatic nitrogens is 1. The minimum absolute atomic E-state index is 0.0526. The average molecular weight is 311 g/mol. The second-order valence-electron chi connectivity index (χ2n) is 6.85. The summed E-state index contributed by atoms with van der Waals surface area (Å²) in [6, 6.07) is 6.07. The zero-order valence-electron chi connectivity index (χ0n) is 13.7. The molecule has 0 bridgehead atoms. The Hall–Kier alpha value is -1.81. The summed E-state index contributed by atoms with van der Waals surface area (Å²) in [5.74, 6) is 0.0526. The van der Waals surface area contributed by atoms with Crippen LogP contribution < -0.4 is 5.32 Å². The van der Waals surface area contributed by atoms with Gasteiger partial charge in [0.1, 0.15) is 0 Å². The first kappa shape index (κ1) is 14.8. The zero-order chi connectivity index (χ0) is 15.6. The van der Waals surface area contributed by atoms with E-state index >= 15 is 0 Å². The van der Waals surface area contributed by atoms with E-state index in [9.17, 15) is 4.79 Å². The van der Waals surface area contributed by atoms with Gasteiger partial charge in [-0.25, -0.2) is 0 Å². The molecule has 2 aliphatic rings. The van der Waals surface area contributed by atoms with E-state index in [1.807, 2.05) is 6.07 Å². The molecule has 0 atom stereocenters. The Morgan fingerprint density at radius 1 is 1.13 bits per heavy atom. The van der Waals surface area contributed by atoms with Crippen molar-refractivity contribution < 1.29 is 4.79 Å². The number of carbonyl (C=O) groups is 1. The number of benzene rings is 1. The average Bonchev–Trinajstić information content (AvgIpc) is 3.21. The highest BCUT2D eigenvalue weighted by Crippen LogP contribution is 2.29. The van der Waals surface area contributed by atoms with Crippen LogP contribution in [0.15, 0.2) is 18.2 Å². The fourth-order valence-electron chi connectivity index (χ4n) is 3.98. The molecule has 1 aliphatic heterocycles. The summed E-state index contributed by atoms with van der Waals surface area (Å²) in [5.41, 5.74) is 4.76. The molecule has 4 heteroatoms. The number of nitrogens with one attached hydrogen (secondary N) is 2. The molecule has 1 saturated heterocycles. The monoisotopic (exact) mass is 311 g/mol. The zero-order valence-corrected chi connectivity index (χ0v) is 13.7. The van der Waals surface area contributed by atoms with Crippen molar-refractivity contribution in [3.8, 4) is 0 Å². The molecule has 1 aromatic carbocycles. The number of hydrogen-bond donors (Lipinski definition) is 2. The van der Waals surface area contributed by atoms with Crippen molar-refractivity contribution in [2.75, 3.05) is 26.2 Å². The van der Waals surface area contributed by atoms with Gasteiger partial charge in [-0.2, -0.15) is 0 Å². The summed E-state index contributed by atoms with van der Waals surface area (Å²) >= 11 is 0. The highest BCUT2D eigenvalue weighted by atomic mass is 16.1. The number of carbonyl (C=O) groups excluding carboxylic acids is 1. The quantitative estimate of drug-likeness (QED) is 0.912. The number of amides is 1. The first-order chi connectivity index (χ1) is 11.3. The third-order valence-corrected chi connectivity index (χ3v) is 5.27. The highest BCUT2D eigenvalue weighted by Gasteiger charge is 2.17. The van der Waals surface area contributed by atoms with Gasteiger partial charge in [0, 0.05) is 35.2 Å². The Bertz CT molecular complexity index is 713. The minimum Gasteiger partial charge on any atom is -0.358 e. The molecule has 4 rings (SSSR count). The van der Waals surface area contributed by atoms with Gasteiger partial charge in [-0.1, -0.05) is 0 Å². The van der Waals surface area contributed by atoms with Crippen LogP contribution in [0.3, 0.4) is 0 Å². The maximum Gasteiger partial charge on any atom is 0.251 e. The molecule has 1 amide bonds. The lowest BCUT2D eigenvalue weighted by Gasteiger charge is -2.14. The third kappa shape index (κ3) is 3.00. The highest BCUT2D eigenvalue weighted by molar-refractivity contribution is 5.99. The van der Waals surface area contributed by atoms with Gasteiger partial charge in [-0.3, -0.25) is 4.79 Å². The normalized spacial score (nSPS) is 18.3. The lowest BCUT2D eigenvalue weighted by atomic mass is 9.95. The number of H-pyrrole nitrogens is 1. The Labute approximate surface area is 137 Å². The molecule has 1 fully saturated rings. The number of nitrogens with zero attached hydrogens (tertiary/aromatic N) is 1. The van der Waals surface area contributed by atoms with E-state index in [2.05, 4.69) is 27.3 Å². The van der Waals surface area contributed by atoms with Gasteiger partial charge in [-0.15, -0.1) is 0 Å². The van der Waals surface area contributed by atoms with Crippen molar-refractivity contribution in [2.24, 2.45) is 0 Å². The topological polar surface area (TPSA) is 48.1 Å². The molecule has 0 radical (unpaired) electrons. The van der Waals surface area contributed by atoms with Crippen molar-refractivity contribution in [1.82, 2.24) is 15.2 Å². The molecule has 23 heavy (non-hydrogen) atoms. The van der Waals surface area contributed by atoms with Gasteiger partial charge in [0.25, 0.3) is 5.91 Å². The second-order valence-corrected chi connectivity index (χ2v) is 6.85. The minimum atomic E-state index is 0.0526. The summed E-state index contributed by atoms with van der Waals surface area (Å²) in [5, 5.41) is 4.31. The van der Waals surface area contributed by atoms with Crippen molar-refractivity contribution in [3.05, 3.63) is 35.0 Å². The number of fused-ring (bicyclic) bond motifs is 3. The van der Waals surface area contributed by atoms with E-state index in [0.717, 1.165) is 31.5 Å². The predicted octanol–water partition coefficient (Wildman–Crippen LogP) is 2.87. The first-order valence-corrected chi connectivity index (χ1v) is 8.95. The van der Waals surface area contributed by atoms with Crippen LogP contribution in [0.1, 0.15) is 47.3 Å². The lowest BCUT2D eigenvalue weighted by Crippen LogP contribution is -2.33. The number of likely N-dealkylation sites (tertiary alicyclic amines) is 1. The molecule has 122 valence electrons. The number of hydrogen-bond acceptors (Lipinski definition) is 2. The van der Waals surface area contributed by atoms with Crippen molar-refractivity contribution >= 4 is 16.8 Å². The molecule has 1 aliphatic carbocycles. The third-order valence-electron chi connectivity index (χ3n) is 5.27. The molecular formula is C19H25N3O. The van der Waals surface area contributed by atoms with Gasteiger partial charge >= 0.3 is 0 Å². The number of aromatic amines is 1. The molecule has 2 N–H and O–H groups in total. The van der Waals surface area contributed by atoms with Crippen LogP contribution in [-0.4, -0.2) is 42.0 Å². The molecule has 0 spiro atoms. The Kier molecular flexibility index (Phi) is 4.08. The summed E-state index contributed by atoms with van der Waals surface area (Å²) in [6.45, 7) is 4.06. The second kappa shape index (κ2) is 6.36. The van der Waals surface area contributed by atoms with E-state index < -0.39 is 0 Å². The number of rotatable bonds is 4. The number of aryl methyl sites for hydroxylation is 2. The summed E-state index contributed by atoms with van der Waals surface area (Å²) in [4.78, 5) is 18.4. The molecule has 0 saturated carbocycles. The van der Waals surface area contributed by atoms with Gasteiger partial charge in [0.15, 0.2) is 0 Å². The molecule has 4 nitrogen and oxygen atoms in total. The van der Waals surface area contributed by atoms with Crippen LogP contribution in [0.5, 0.6) is 0 Å². The van der Waals surface area contributed by atoms with Crippen LogP contribution in [0.4, 0.5) is 0 Å². The largest absolute Gasteiger partial charge is 0.358 e. The van der Waals surface area contributed by atoms with Crippen LogP contribution in [0, 0.1) is 0 Å². The van der Waals surface area contributed by atoms with Crippen molar-refractivity contribution in [1.29, 1.82) is 0 Å². The Balaban J connectivity index is 1.46. The van der Waals surface area contributed by atoms with Crippen molar-refractivity contribution in [2.45, 2.75) is 38.5 Å². The summed E-state index contributed by atoms with van der Waals surface area (Å²) < 4.78 is 0. The van der Waals surface area contributed by atoms with E-state index in [4.69, 9.17) is 0 Å². The maximum atomic E-state index is 12.4. The van der Waals surface area contributed by atoms with Gasteiger partial charge < -0.3 is 15.2 Å². The summed E-state index contributed by atoms with van der Waals surface area (Å²) in [7, 11) is 0. The van der Waals surface area contributed by atoms with Gasteiger partial charge in [-0.05, 0) is 75.4 Å². The summed E-state index contributed by atoms with van der Waals surface area (Å²) in [6.07, 6.45) is 7.39. The smallest absolute Gasteiger partial charge is 0.251 e. The maximum absolute atomic E-state index is 12.4. The fraction of sp³-hybridized carbons (Fsp3) is 0.526. The predicted molar refractivity (Wildman–Crippen MR) is 92.9 cm³/mol. The fourth-order valence-corrected chi connectivity index (χ4v) is 3.98.